The fourth-order valence-corrected chi connectivity index (χ4v) is 3.10. The molecule has 0 aliphatic carbocycles. The van der Waals surface area contributed by atoms with Gasteiger partial charge in [-0.15, -0.1) is 11.3 Å². The van der Waals surface area contributed by atoms with Crippen molar-refractivity contribution in [3.63, 3.8) is 0 Å². The lowest BCUT2D eigenvalue weighted by Crippen LogP contribution is -2.36. The van der Waals surface area contributed by atoms with Crippen LogP contribution in [0.4, 0.5) is 17.6 Å². The Hall–Kier alpha value is -2.95. The van der Waals surface area contributed by atoms with Crippen LogP contribution in [0.3, 0.4) is 0 Å². The lowest BCUT2D eigenvalue weighted by Gasteiger charge is -2.12. The highest BCUT2D eigenvalue weighted by molar-refractivity contribution is 7.09. The van der Waals surface area contributed by atoms with Gasteiger partial charge in [-0.2, -0.15) is 13.2 Å². The van der Waals surface area contributed by atoms with E-state index in [-0.39, 0.29) is 18.1 Å². The van der Waals surface area contributed by atoms with E-state index in [4.69, 9.17) is 0 Å². The number of nitrogens with zero attached hydrogens (tertiary/aromatic N) is 4. The van der Waals surface area contributed by atoms with Crippen LogP contribution in [0.1, 0.15) is 16.3 Å². The lowest BCUT2D eigenvalue weighted by atomic mass is 10.2. The van der Waals surface area contributed by atoms with E-state index >= 15 is 0 Å². The molecule has 0 fully saturated rings. The van der Waals surface area contributed by atoms with Crippen LogP contribution in [0, 0.1) is 5.82 Å². The van der Waals surface area contributed by atoms with Crippen LogP contribution in [-0.2, 0) is 19.3 Å². The van der Waals surface area contributed by atoms with Gasteiger partial charge >= 0.3 is 6.18 Å². The van der Waals surface area contributed by atoms with Crippen molar-refractivity contribution in [1.82, 2.24) is 25.2 Å². The Labute approximate surface area is 162 Å². The summed E-state index contributed by atoms with van der Waals surface area (Å²) in [5.74, 6) is -0.0365. The number of nitrogens with one attached hydrogen (secondary N) is 2. The first-order valence-electron chi connectivity index (χ1n) is 8.09. The molecule has 0 aliphatic heterocycles. The second kappa shape index (κ2) is 8.38. The molecule has 0 unspecified atom stereocenters. The fourth-order valence-electron chi connectivity index (χ4n) is 2.36. The van der Waals surface area contributed by atoms with Crippen molar-refractivity contribution in [1.29, 1.82) is 0 Å². The van der Waals surface area contributed by atoms with Crippen molar-refractivity contribution in [2.45, 2.75) is 19.3 Å². The van der Waals surface area contributed by atoms with Crippen LogP contribution in [0.25, 0.3) is 5.69 Å². The number of hydrogen-bond acceptors (Lipinski definition) is 4. The molecule has 2 aromatic heterocycles. The molecule has 3 aromatic rings. The molecule has 0 bridgehead atoms. The van der Waals surface area contributed by atoms with Crippen LogP contribution in [0.2, 0.25) is 0 Å². The molecule has 0 amide bonds. The number of guanidine groups is 1. The minimum absolute atomic E-state index is 0.0916. The quantitative estimate of drug-likeness (QED) is 0.383. The Morgan fingerprint density at radius 3 is 2.64 bits per heavy atom. The van der Waals surface area contributed by atoms with Gasteiger partial charge in [-0.25, -0.2) is 14.4 Å². The highest BCUT2D eigenvalue weighted by Gasteiger charge is 2.33. The number of benzene rings is 1. The van der Waals surface area contributed by atoms with Crippen molar-refractivity contribution in [3.8, 4) is 5.69 Å². The summed E-state index contributed by atoms with van der Waals surface area (Å²) in [6.45, 7) is 0.376. The highest BCUT2D eigenvalue weighted by Crippen LogP contribution is 2.29. The Bertz CT molecular complexity index is 949. The Balaban J connectivity index is 1.55. The predicted molar refractivity (Wildman–Crippen MR) is 97.7 cm³/mol. The summed E-state index contributed by atoms with van der Waals surface area (Å²) < 4.78 is 53.6. The second-order valence-corrected chi connectivity index (χ2v) is 6.60. The maximum absolute atomic E-state index is 14.3. The molecule has 6 nitrogen and oxygen atoms in total. The van der Waals surface area contributed by atoms with Crippen LogP contribution in [0.15, 0.2) is 47.3 Å². The largest absolute Gasteiger partial charge is 0.434 e. The van der Waals surface area contributed by atoms with Gasteiger partial charge in [0, 0.05) is 31.4 Å². The first-order chi connectivity index (χ1) is 13.4. The third kappa shape index (κ3) is 4.85. The van der Waals surface area contributed by atoms with Crippen molar-refractivity contribution >= 4 is 17.3 Å². The number of rotatable bonds is 5. The molecule has 0 aliphatic rings. The van der Waals surface area contributed by atoms with E-state index in [1.165, 1.54) is 19.4 Å². The summed E-state index contributed by atoms with van der Waals surface area (Å²) >= 11 is 0.912. The molecule has 0 radical (unpaired) electrons. The van der Waals surface area contributed by atoms with Crippen molar-refractivity contribution < 1.29 is 17.6 Å². The smallest absolute Gasteiger partial charge is 0.352 e. The summed E-state index contributed by atoms with van der Waals surface area (Å²) in [5.41, 5.74) is 0.150. The van der Waals surface area contributed by atoms with Crippen molar-refractivity contribution in [2.24, 2.45) is 4.99 Å². The molecule has 11 heteroatoms. The summed E-state index contributed by atoms with van der Waals surface area (Å²) in [6, 6.07) is 4.79. The molecular formula is C17H16F4N6S. The van der Waals surface area contributed by atoms with E-state index in [2.05, 4.69) is 25.6 Å². The third-order valence-corrected chi connectivity index (χ3v) is 4.58. The van der Waals surface area contributed by atoms with Gasteiger partial charge in [-0.3, -0.25) is 4.99 Å². The Morgan fingerprint density at radius 2 is 2.04 bits per heavy atom. The van der Waals surface area contributed by atoms with Gasteiger partial charge in [0.2, 0.25) is 0 Å². The number of aromatic nitrogens is 3. The monoisotopic (exact) mass is 412 g/mol. The first kappa shape index (κ1) is 19.8. The lowest BCUT2D eigenvalue weighted by molar-refractivity contribution is -0.140. The molecule has 3 rings (SSSR count). The maximum atomic E-state index is 14.3. The Morgan fingerprint density at radius 1 is 1.25 bits per heavy atom. The second-order valence-electron chi connectivity index (χ2n) is 5.66. The average molecular weight is 412 g/mol. The molecule has 2 heterocycles. The topological polar surface area (TPSA) is 67.1 Å². The molecule has 148 valence electrons. The molecule has 0 saturated heterocycles. The number of alkyl halides is 3. The van der Waals surface area contributed by atoms with Crippen LogP contribution >= 0.6 is 11.3 Å². The van der Waals surface area contributed by atoms with E-state index in [0.717, 1.165) is 16.7 Å². The minimum Gasteiger partial charge on any atom is -0.352 e. The van der Waals surface area contributed by atoms with Crippen LogP contribution < -0.4 is 10.6 Å². The highest BCUT2D eigenvalue weighted by atomic mass is 32.1. The summed E-state index contributed by atoms with van der Waals surface area (Å²) in [7, 11) is 1.53. The zero-order valence-corrected chi connectivity index (χ0v) is 15.5. The van der Waals surface area contributed by atoms with Crippen LogP contribution in [0.5, 0.6) is 0 Å². The number of imidazole rings is 1. The van der Waals surface area contributed by atoms with E-state index in [1.54, 1.807) is 29.1 Å². The molecule has 28 heavy (non-hydrogen) atoms. The zero-order valence-electron chi connectivity index (χ0n) is 14.7. The van der Waals surface area contributed by atoms with Gasteiger partial charge in [0.1, 0.15) is 10.8 Å². The van der Waals surface area contributed by atoms with Gasteiger partial charge < -0.3 is 15.2 Å². The molecule has 0 atom stereocenters. The third-order valence-electron chi connectivity index (χ3n) is 3.73. The standard InChI is InChI=1S/C17H16F4N6S/c1-22-16(25-8-15-26-14(9-28-15)17(19,20)21)24-7-11-2-3-13(12(18)6-11)27-5-4-23-10-27/h2-6,9-10H,7-8H2,1H3,(H2,22,24,25). The van der Waals surface area contributed by atoms with Gasteiger partial charge in [0.15, 0.2) is 11.7 Å². The number of hydrogen-bond donors (Lipinski definition) is 2. The van der Waals surface area contributed by atoms with Crippen LogP contribution in [-0.4, -0.2) is 27.5 Å². The molecule has 1 aromatic carbocycles. The van der Waals surface area contributed by atoms with Gasteiger partial charge in [-0.05, 0) is 17.7 Å². The average Bonchev–Trinajstić information content (AvgIpc) is 3.33. The summed E-state index contributed by atoms with van der Waals surface area (Å²) in [4.78, 5) is 11.4. The number of aliphatic imine (C=N–C) groups is 1. The van der Waals surface area contributed by atoms with Gasteiger partial charge in [-0.1, -0.05) is 6.07 Å². The molecule has 0 spiro atoms. The molecule has 0 saturated carbocycles. The van der Waals surface area contributed by atoms with Crippen molar-refractivity contribution in [3.05, 3.63) is 64.4 Å². The summed E-state index contributed by atoms with van der Waals surface area (Å²) in [6.07, 6.45) is 0.252. The molecule has 2 N–H and O–H groups in total. The van der Waals surface area contributed by atoms with E-state index < -0.39 is 17.7 Å². The van der Waals surface area contributed by atoms with E-state index in [9.17, 15) is 17.6 Å². The fraction of sp³-hybridized carbons (Fsp3) is 0.235. The normalized spacial score (nSPS) is 12.2. The predicted octanol–water partition coefficient (Wildman–Crippen LogP) is 3.35. The zero-order chi connectivity index (χ0) is 20.1. The minimum atomic E-state index is -4.46. The van der Waals surface area contributed by atoms with E-state index in [1.807, 2.05) is 0 Å². The SMILES string of the molecule is CN=C(NCc1ccc(-n2ccnc2)c(F)c1)NCc1nc(C(F)(F)F)cs1. The first-order valence-corrected chi connectivity index (χ1v) is 8.97. The summed E-state index contributed by atoms with van der Waals surface area (Å²) in [5, 5.41) is 7.12. The number of halogens is 4. The number of thiazole rings is 1. The van der Waals surface area contributed by atoms with Gasteiger partial charge in [0.25, 0.3) is 0 Å². The molecular weight excluding hydrogens is 396 g/mol. The van der Waals surface area contributed by atoms with Gasteiger partial charge in [0.05, 0.1) is 18.6 Å². The van der Waals surface area contributed by atoms with Crippen molar-refractivity contribution in [2.75, 3.05) is 7.05 Å². The Kier molecular flexibility index (Phi) is 5.93. The van der Waals surface area contributed by atoms with E-state index in [0.29, 0.717) is 17.2 Å². The maximum Gasteiger partial charge on any atom is 0.434 e.